The second-order valence-electron chi connectivity index (χ2n) is 6.74. The van der Waals surface area contributed by atoms with Gasteiger partial charge < -0.3 is 9.80 Å². The first-order valence-electron chi connectivity index (χ1n) is 8.87. The Morgan fingerprint density at radius 2 is 1.93 bits per heavy atom. The molecule has 0 radical (unpaired) electrons. The summed E-state index contributed by atoms with van der Waals surface area (Å²) in [4.78, 5) is 35.9. The lowest BCUT2D eigenvalue weighted by Crippen LogP contribution is -2.49. The molecule has 3 aromatic rings. The third-order valence-electron chi connectivity index (χ3n) is 5.03. The maximum Gasteiger partial charge on any atom is 0.273 e. The Hall–Kier alpha value is -3.56. The van der Waals surface area contributed by atoms with Crippen LogP contribution in [0.25, 0.3) is 11.0 Å². The first-order chi connectivity index (χ1) is 13.5. The van der Waals surface area contributed by atoms with Crippen molar-refractivity contribution < 1.29 is 9.72 Å². The number of amides is 1. The summed E-state index contributed by atoms with van der Waals surface area (Å²) in [6, 6.07) is 4.61. The summed E-state index contributed by atoms with van der Waals surface area (Å²) in [6.45, 7) is 3.89. The van der Waals surface area contributed by atoms with Crippen LogP contribution in [0.1, 0.15) is 15.9 Å². The molecular formula is C18H19N7O3. The van der Waals surface area contributed by atoms with Crippen molar-refractivity contribution in [2.45, 2.75) is 6.92 Å². The number of nitro benzene ring substituents is 1. The lowest BCUT2D eigenvalue weighted by Gasteiger charge is -2.35. The van der Waals surface area contributed by atoms with Gasteiger partial charge in [-0.15, -0.1) is 0 Å². The van der Waals surface area contributed by atoms with Gasteiger partial charge in [0.05, 0.1) is 16.5 Å². The summed E-state index contributed by atoms with van der Waals surface area (Å²) >= 11 is 0. The number of carbonyl (C=O) groups is 1. The van der Waals surface area contributed by atoms with E-state index < -0.39 is 4.92 Å². The molecule has 0 N–H and O–H groups in total. The summed E-state index contributed by atoms with van der Waals surface area (Å²) in [7, 11) is 1.83. The molecule has 2 aromatic heterocycles. The molecule has 28 heavy (non-hydrogen) atoms. The topological polar surface area (TPSA) is 110 Å². The first-order valence-corrected chi connectivity index (χ1v) is 8.87. The van der Waals surface area contributed by atoms with Crippen molar-refractivity contribution in [3.05, 3.63) is 52.0 Å². The van der Waals surface area contributed by atoms with Gasteiger partial charge >= 0.3 is 0 Å². The van der Waals surface area contributed by atoms with Gasteiger partial charge in [0.15, 0.2) is 5.65 Å². The van der Waals surface area contributed by atoms with Crippen molar-refractivity contribution in [3.63, 3.8) is 0 Å². The van der Waals surface area contributed by atoms with E-state index in [1.165, 1.54) is 12.4 Å². The third kappa shape index (κ3) is 3.02. The average Bonchev–Trinajstić information content (AvgIpc) is 3.09. The monoisotopic (exact) mass is 381 g/mol. The second-order valence-corrected chi connectivity index (χ2v) is 6.74. The zero-order chi connectivity index (χ0) is 19.8. The Balaban J connectivity index is 1.50. The van der Waals surface area contributed by atoms with Crippen molar-refractivity contribution in [1.29, 1.82) is 0 Å². The van der Waals surface area contributed by atoms with Crippen molar-refractivity contribution in [2.75, 3.05) is 31.1 Å². The maximum atomic E-state index is 12.8. The summed E-state index contributed by atoms with van der Waals surface area (Å²) in [5.41, 5.74) is 1.60. The van der Waals surface area contributed by atoms with E-state index in [2.05, 4.69) is 20.0 Å². The molecule has 1 aliphatic heterocycles. The lowest BCUT2D eigenvalue weighted by molar-refractivity contribution is -0.385. The van der Waals surface area contributed by atoms with Crippen LogP contribution in [0, 0.1) is 17.0 Å². The standard InChI is InChI=1S/C18H19N7O3/c1-12-3-4-13(9-15(12)25(27)28)18(26)24-7-5-23(6-8-24)17-14-10-21-22(2)16(14)19-11-20-17/h3-4,9-11H,5-8H2,1-2H3. The number of aromatic nitrogens is 4. The van der Waals surface area contributed by atoms with Gasteiger partial charge in [0.1, 0.15) is 12.1 Å². The molecule has 0 atom stereocenters. The van der Waals surface area contributed by atoms with Crippen molar-refractivity contribution in [1.82, 2.24) is 24.6 Å². The van der Waals surface area contributed by atoms with Gasteiger partial charge in [-0.1, -0.05) is 6.07 Å². The molecule has 4 rings (SSSR count). The number of aryl methyl sites for hydroxylation is 2. The van der Waals surface area contributed by atoms with E-state index in [0.717, 1.165) is 16.9 Å². The minimum Gasteiger partial charge on any atom is -0.352 e. The summed E-state index contributed by atoms with van der Waals surface area (Å²) in [5, 5.41) is 16.2. The molecule has 144 valence electrons. The fourth-order valence-electron chi connectivity index (χ4n) is 3.44. The number of carbonyl (C=O) groups excluding carboxylic acids is 1. The largest absolute Gasteiger partial charge is 0.352 e. The number of piperazine rings is 1. The molecule has 0 spiro atoms. The Kier molecular flexibility index (Phi) is 4.38. The molecule has 0 unspecified atom stereocenters. The number of fused-ring (bicyclic) bond motifs is 1. The Labute approximate surface area is 160 Å². The van der Waals surface area contributed by atoms with E-state index in [1.54, 1.807) is 34.8 Å². The van der Waals surface area contributed by atoms with Crippen molar-refractivity contribution in [2.24, 2.45) is 7.05 Å². The number of hydrogen-bond donors (Lipinski definition) is 0. The van der Waals surface area contributed by atoms with Crippen molar-refractivity contribution in [3.8, 4) is 0 Å². The quantitative estimate of drug-likeness (QED) is 0.500. The molecule has 10 nitrogen and oxygen atoms in total. The number of nitrogens with zero attached hydrogens (tertiary/aromatic N) is 7. The molecule has 1 fully saturated rings. The zero-order valence-electron chi connectivity index (χ0n) is 15.6. The predicted octanol–water partition coefficient (Wildman–Crippen LogP) is 1.54. The van der Waals surface area contributed by atoms with Crippen LogP contribution in [-0.2, 0) is 7.05 Å². The summed E-state index contributed by atoms with van der Waals surface area (Å²) in [5.74, 6) is 0.605. The highest BCUT2D eigenvalue weighted by Crippen LogP contribution is 2.24. The average molecular weight is 381 g/mol. The van der Waals surface area contributed by atoms with E-state index in [0.29, 0.717) is 37.3 Å². The van der Waals surface area contributed by atoms with Crippen molar-refractivity contribution >= 4 is 28.4 Å². The molecule has 0 aliphatic carbocycles. The van der Waals surface area contributed by atoms with Gasteiger partial charge in [-0.25, -0.2) is 9.97 Å². The predicted molar refractivity (Wildman–Crippen MR) is 102 cm³/mol. The number of rotatable bonds is 3. The van der Waals surface area contributed by atoms with Crippen LogP contribution in [0.5, 0.6) is 0 Å². The molecule has 1 aromatic carbocycles. The third-order valence-corrected chi connectivity index (χ3v) is 5.03. The normalized spacial score (nSPS) is 14.5. The fourth-order valence-corrected chi connectivity index (χ4v) is 3.44. The van der Waals surface area contributed by atoms with E-state index in [-0.39, 0.29) is 11.6 Å². The van der Waals surface area contributed by atoms with Crippen LogP contribution in [0.2, 0.25) is 0 Å². The maximum absolute atomic E-state index is 12.8. The van der Waals surface area contributed by atoms with Gasteiger partial charge in [-0.2, -0.15) is 5.10 Å². The number of hydrogen-bond acceptors (Lipinski definition) is 7. The smallest absolute Gasteiger partial charge is 0.273 e. The molecule has 3 heterocycles. The highest BCUT2D eigenvalue weighted by Gasteiger charge is 2.25. The molecular weight excluding hydrogens is 362 g/mol. The zero-order valence-corrected chi connectivity index (χ0v) is 15.6. The molecule has 1 saturated heterocycles. The number of anilines is 1. The lowest BCUT2D eigenvalue weighted by atomic mass is 10.1. The van der Waals surface area contributed by atoms with Gasteiger partial charge in [0.2, 0.25) is 0 Å². The number of nitro groups is 1. The molecule has 0 saturated carbocycles. The van der Waals surface area contributed by atoms with Gasteiger partial charge in [0, 0.05) is 50.4 Å². The summed E-state index contributed by atoms with van der Waals surface area (Å²) in [6.07, 6.45) is 3.26. The highest BCUT2D eigenvalue weighted by atomic mass is 16.6. The minimum absolute atomic E-state index is 0.0376. The van der Waals surface area contributed by atoms with Crippen LogP contribution in [-0.4, -0.2) is 61.7 Å². The minimum atomic E-state index is -0.460. The number of benzene rings is 1. The van der Waals surface area contributed by atoms with Crippen LogP contribution in [0.15, 0.2) is 30.7 Å². The van der Waals surface area contributed by atoms with Crippen LogP contribution < -0.4 is 4.90 Å². The van der Waals surface area contributed by atoms with Gasteiger partial charge in [0.25, 0.3) is 11.6 Å². The molecule has 1 amide bonds. The Bertz CT molecular complexity index is 1070. The van der Waals surface area contributed by atoms with Gasteiger partial charge in [-0.05, 0) is 13.0 Å². The highest BCUT2D eigenvalue weighted by molar-refractivity contribution is 5.95. The second kappa shape index (κ2) is 6.87. The molecule has 10 heteroatoms. The summed E-state index contributed by atoms with van der Waals surface area (Å²) < 4.78 is 1.70. The Morgan fingerprint density at radius 1 is 1.18 bits per heavy atom. The van der Waals surface area contributed by atoms with E-state index in [1.807, 2.05) is 7.05 Å². The SMILES string of the molecule is Cc1ccc(C(=O)N2CCN(c3ncnc4c3cnn4C)CC2)cc1[N+](=O)[O-]. The van der Waals surface area contributed by atoms with E-state index in [4.69, 9.17) is 0 Å². The Morgan fingerprint density at radius 3 is 2.64 bits per heavy atom. The van der Waals surface area contributed by atoms with E-state index in [9.17, 15) is 14.9 Å². The molecule has 0 bridgehead atoms. The first kappa shape index (κ1) is 17.8. The van der Waals surface area contributed by atoms with E-state index >= 15 is 0 Å². The van der Waals surface area contributed by atoms with Gasteiger partial charge in [-0.3, -0.25) is 19.6 Å². The van der Waals surface area contributed by atoms with Crippen LogP contribution in [0.4, 0.5) is 11.5 Å². The van der Waals surface area contributed by atoms with Crippen LogP contribution in [0.3, 0.4) is 0 Å². The fraction of sp³-hybridized carbons (Fsp3) is 0.333. The molecule has 1 aliphatic rings. The van der Waals surface area contributed by atoms with Crippen LogP contribution >= 0.6 is 0 Å².